The summed E-state index contributed by atoms with van der Waals surface area (Å²) < 4.78 is 10.4. The van der Waals surface area contributed by atoms with Gasteiger partial charge in [-0.15, -0.1) is 0 Å². The summed E-state index contributed by atoms with van der Waals surface area (Å²) in [5.74, 6) is 0.106. The minimum atomic E-state index is -0.000446. The number of ether oxygens (including phenoxy) is 2. The first-order chi connectivity index (χ1) is 9.69. The van der Waals surface area contributed by atoms with E-state index in [9.17, 15) is 4.79 Å². The van der Waals surface area contributed by atoms with Crippen LogP contribution in [0.15, 0.2) is 0 Å². The summed E-state index contributed by atoms with van der Waals surface area (Å²) >= 11 is 0. The van der Waals surface area contributed by atoms with E-state index in [2.05, 4.69) is 5.32 Å². The summed E-state index contributed by atoms with van der Waals surface area (Å²) in [7, 11) is 1.77. The van der Waals surface area contributed by atoms with Crippen LogP contribution in [0.3, 0.4) is 0 Å². The summed E-state index contributed by atoms with van der Waals surface area (Å²) in [6.07, 6.45) is 8.05. The number of methoxy groups -OCH3 is 1. The second-order valence-electron chi connectivity index (χ2n) is 6.44. The molecule has 0 heterocycles. The Balaban J connectivity index is 1.72. The fourth-order valence-corrected chi connectivity index (χ4v) is 3.22. The molecule has 0 aromatic heterocycles. The first-order valence-corrected chi connectivity index (χ1v) is 8.08. The summed E-state index contributed by atoms with van der Waals surface area (Å²) in [6.45, 7) is 4.31. The third-order valence-electron chi connectivity index (χ3n) is 4.85. The summed E-state index contributed by atoms with van der Waals surface area (Å²) in [5.41, 5.74) is 0.479. The third kappa shape index (κ3) is 4.45. The largest absolute Gasteiger partial charge is 0.466 e. The monoisotopic (exact) mass is 283 g/mol. The predicted molar refractivity (Wildman–Crippen MR) is 78.5 cm³/mol. The van der Waals surface area contributed by atoms with Gasteiger partial charge in [0.25, 0.3) is 0 Å². The molecule has 1 N–H and O–H groups in total. The zero-order valence-electron chi connectivity index (χ0n) is 13.0. The molecule has 2 saturated carbocycles. The van der Waals surface area contributed by atoms with Crippen LogP contribution in [0.25, 0.3) is 0 Å². The Morgan fingerprint density at radius 1 is 1.35 bits per heavy atom. The van der Waals surface area contributed by atoms with E-state index in [-0.39, 0.29) is 11.9 Å². The zero-order chi connectivity index (χ0) is 14.4. The molecule has 2 unspecified atom stereocenters. The standard InChI is InChI=1S/C16H29NO3/c1-3-20-15(18)13-5-4-6-14(11-13)17-12-16(7-8-16)9-10-19-2/h13-14,17H,3-12H2,1-2H3. The van der Waals surface area contributed by atoms with Crippen molar-refractivity contribution in [2.75, 3.05) is 26.9 Å². The Hall–Kier alpha value is -0.610. The van der Waals surface area contributed by atoms with Gasteiger partial charge in [-0.25, -0.2) is 0 Å². The number of carbonyl (C=O) groups excluding carboxylic acids is 1. The van der Waals surface area contributed by atoms with Crippen LogP contribution in [0.4, 0.5) is 0 Å². The van der Waals surface area contributed by atoms with Crippen LogP contribution in [-0.2, 0) is 14.3 Å². The lowest BCUT2D eigenvalue weighted by atomic mass is 9.85. The van der Waals surface area contributed by atoms with Gasteiger partial charge in [0.1, 0.15) is 0 Å². The first kappa shape index (κ1) is 15.8. The Morgan fingerprint density at radius 2 is 2.15 bits per heavy atom. The van der Waals surface area contributed by atoms with Crippen LogP contribution in [0.5, 0.6) is 0 Å². The molecule has 0 aliphatic heterocycles. The molecule has 4 nitrogen and oxygen atoms in total. The van der Waals surface area contributed by atoms with E-state index in [0.717, 1.165) is 38.8 Å². The van der Waals surface area contributed by atoms with Gasteiger partial charge >= 0.3 is 5.97 Å². The number of rotatable bonds is 8. The molecule has 2 aliphatic carbocycles. The molecule has 0 saturated heterocycles. The molecule has 0 amide bonds. The van der Waals surface area contributed by atoms with Crippen molar-refractivity contribution in [3.05, 3.63) is 0 Å². The van der Waals surface area contributed by atoms with Gasteiger partial charge in [0.2, 0.25) is 0 Å². The van der Waals surface area contributed by atoms with E-state index >= 15 is 0 Å². The molecule has 116 valence electrons. The third-order valence-corrected chi connectivity index (χ3v) is 4.85. The van der Waals surface area contributed by atoms with Crippen LogP contribution >= 0.6 is 0 Å². The Labute approximate surface area is 122 Å². The van der Waals surface area contributed by atoms with Crippen molar-refractivity contribution in [2.45, 2.75) is 57.9 Å². The maximum absolute atomic E-state index is 11.8. The number of carbonyl (C=O) groups is 1. The molecule has 2 atom stereocenters. The SMILES string of the molecule is CCOC(=O)C1CCCC(NCC2(CCOC)CC2)C1. The number of hydrogen-bond acceptors (Lipinski definition) is 4. The second kappa shape index (κ2) is 7.41. The van der Waals surface area contributed by atoms with Crippen LogP contribution in [0, 0.1) is 11.3 Å². The van der Waals surface area contributed by atoms with Crippen molar-refractivity contribution in [3.8, 4) is 0 Å². The average Bonchev–Trinajstić information content (AvgIpc) is 3.24. The second-order valence-corrected chi connectivity index (χ2v) is 6.44. The highest BCUT2D eigenvalue weighted by Crippen LogP contribution is 2.48. The predicted octanol–water partition coefficient (Wildman–Crippen LogP) is 2.51. The van der Waals surface area contributed by atoms with Crippen molar-refractivity contribution in [1.29, 1.82) is 0 Å². The summed E-state index contributed by atoms with van der Waals surface area (Å²) in [5, 5.41) is 3.70. The minimum absolute atomic E-state index is 0.000446. The minimum Gasteiger partial charge on any atom is -0.466 e. The molecule has 2 aliphatic rings. The lowest BCUT2D eigenvalue weighted by Gasteiger charge is -2.30. The van der Waals surface area contributed by atoms with Crippen molar-refractivity contribution in [1.82, 2.24) is 5.32 Å². The lowest BCUT2D eigenvalue weighted by Crippen LogP contribution is -2.39. The summed E-state index contributed by atoms with van der Waals surface area (Å²) in [4.78, 5) is 11.8. The molecule has 0 spiro atoms. The van der Waals surface area contributed by atoms with E-state index in [0.29, 0.717) is 18.1 Å². The molecule has 0 aromatic carbocycles. The fourth-order valence-electron chi connectivity index (χ4n) is 3.22. The van der Waals surface area contributed by atoms with Gasteiger partial charge in [-0.1, -0.05) is 6.42 Å². The van der Waals surface area contributed by atoms with E-state index < -0.39 is 0 Å². The quantitative estimate of drug-likeness (QED) is 0.695. The highest BCUT2D eigenvalue weighted by Gasteiger charge is 2.42. The van der Waals surface area contributed by atoms with E-state index in [1.165, 1.54) is 19.3 Å². The smallest absolute Gasteiger partial charge is 0.308 e. The normalized spacial score (nSPS) is 28.1. The van der Waals surface area contributed by atoms with Crippen molar-refractivity contribution in [3.63, 3.8) is 0 Å². The summed E-state index contributed by atoms with van der Waals surface area (Å²) in [6, 6.07) is 0.484. The first-order valence-electron chi connectivity index (χ1n) is 8.08. The topological polar surface area (TPSA) is 47.6 Å². The molecule has 2 rings (SSSR count). The van der Waals surface area contributed by atoms with Crippen LogP contribution < -0.4 is 5.32 Å². The average molecular weight is 283 g/mol. The van der Waals surface area contributed by atoms with Gasteiger partial charge in [-0.3, -0.25) is 4.79 Å². The molecule has 0 bridgehead atoms. The number of nitrogens with one attached hydrogen (secondary N) is 1. The van der Waals surface area contributed by atoms with Crippen LogP contribution in [0.1, 0.15) is 51.9 Å². The Kier molecular flexibility index (Phi) is 5.85. The van der Waals surface area contributed by atoms with E-state index in [1.54, 1.807) is 7.11 Å². The van der Waals surface area contributed by atoms with Crippen molar-refractivity contribution >= 4 is 5.97 Å². The maximum Gasteiger partial charge on any atom is 0.308 e. The Morgan fingerprint density at radius 3 is 2.80 bits per heavy atom. The molecule has 2 fully saturated rings. The van der Waals surface area contributed by atoms with Crippen molar-refractivity contribution < 1.29 is 14.3 Å². The lowest BCUT2D eigenvalue weighted by molar-refractivity contribution is -0.149. The highest BCUT2D eigenvalue weighted by atomic mass is 16.5. The molecular weight excluding hydrogens is 254 g/mol. The van der Waals surface area contributed by atoms with Crippen LogP contribution in [-0.4, -0.2) is 38.9 Å². The van der Waals surface area contributed by atoms with E-state index in [4.69, 9.17) is 9.47 Å². The van der Waals surface area contributed by atoms with Crippen molar-refractivity contribution in [2.24, 2.45) is 11.3 Å². The molecule has 0 aromatic rings. The van der Waals surface area contributed by atoms with Gasteiger partial charge in [0.05, 0.1) is 12.5 Å². The molecule has 20 heavy (non-hydrogen) atoms. The van der Waals surface area contributed by atoms with Gasteiger partial charge in [0.15, 0.2) is 0 Å². The number of hydrogen-bond donors (Lipinski definition) is 1. The van der Waals surface area contributed by atoms with Gasteiger partial charge < -0.3 is 14.8 Å². The van der Waals surface area contributed by atoms with Crippen LogP contribution in [0.2, 0.25) is 0 Å². The maximum atomic E-state index is 11.8. The van der Waals surface area contributed by atoms with Gasteiger partial charge in [-0.05, 0) is 50.9 Å². The highest BCUT2D eigenvalue weighted by molar-refractivity contribution is 5.72. The molecule has 4 heteroatoms. The van der Waals surface area contributed by atoms with Gasteiger partial charge in [-0.2, -0.15) is 0 Å². The zero-order valence-corrected chi connectivity index (χ0v) is 13.0. The Bertz CT molecular complexity index is 315. The molecular formula is C16H29NO3. The molecule has 0 radical (unpaired) electrons. The van der Waals surface area contributed by atoms with E-state index in [1.807, 2.05) is 6.92 Å². The van der Waals surface area contributed by atoms with Gasteiger partial charge in [0, 0.05) is 26.3 Å². The fraction of sp³-hybridized carbons (Fsp3) is 0.938. The number of esters is 1.